The van der Waals surface area contributed by atoms with Crippen molar-refractivity contribution in [3.63, 3.8) is 0 Å². The van der Waals surface area contributed by atoms with Crippen molar-refractivity contribution in [3.8, 4) is 17.6 Å². The van der Waals surface area contributed by atoms with Gasteiger partial charge in [-0.1, -0.05) is 6.92 Å². The highest BCUT2D eigenvalue weighted by Gasteiger charge is 2.43. The van der Waals surface area contributed by atoms with Gasteiger partial charge in [-0.05, 0) is 24.5 Å². The van der Waals surface area contributed by atoms with E-state index >= 15 is 0 Å². The maximum absolute atomic E-state index is 13.2. The number of carbonyl (C=O) groups excluding carboxylic acids is 1. The fraction of sp³-hybridized carbons (Fsp3) is 0.300. The number of carbonyl (C=O) groups is 1. The topological polar surface area (TPSA) is 92.8 Å². The van der Waals surface area contributed by atoms with Crippen LogP contribution in [0, 0.1) is 17.2 Å². The van der Waals surface area contributed by atoms with Crippen molar-refractivity contribution in [2.75, 3.05) is 5.32 Å². The van der Waals surface area contributed by atoms with Gasteiger partial charge in [-0.15, -0.1) is 0 Å². The molecule has 0 saturated heterocycles. The van der Waals surface area contributed by atoms with Crippen LogP contribution >= 0.6 is 0 Å². The molecule has 0 aliphatic heterocycles. The normalized spacial score (nSPS) is 17.9. The highest BCUT2D eigenvalue weighted by Crippen LogP contribution is 2.37. The smallest absolute Gasteiger partial charge is 0.230 e. The molecule has 3 aromatic rings. The molecule has 2 atom stereocenters. The van der Waals surface area contributed by atoms with Crippen molar-refractivity contribution in [1.82, 2.24) is 14.5 Å². The Kier molecular flexibility index (Phi) is 4.43. The maximum Gasteiger partial charge on any atom is 0.230 e. The minimum absolute atomic E-state index is 0.254. The summed E-state index contributed by atoms with van der Waals surface area (Å²) in [6.45, 7) is 1.96. The lowest BCUT2D eigenvalue weighted by molar-refractivity contribution is -0.117. The molecule has 1 aliphatic carbocycles. The third-order valence-corrected chi connectivity index (χ3v) is 4.78. The van der Waals surface area contributed by atoms with Crippen molar-refractivity contribution in [1.29, 1.82) is 5.26 Å². The average molecular weight is 379 g/mol. The van der Waals surface area contributed by atoms with Crippen molar-refractivity contribution in [2.24, 2.45) is 13.0 Å². The molecule has 1 amide bonds. The molecule has 1 N–H and O–H groups in total. The number of nitrogens with one attached hydrogen (secondary N) is 1. The first-order valence-electron chi connectivity index (χ1n) is 8.97. The summed E-state index contributed by atoms with van der Waals surface area (Å²) in [6.07, 6.45) is 3.00. The third-order valence-electron chi connectivity index (χ3n) is 4.78. The van der Waals surface area contributed by atoms with Crippen LogP contribution in [0.3, 0.4) is 0 Å². The minimum Gasteiger partial charge on any atom is -0.455 e. The molecular weight excluding hydrogens is 361 g/mol. The summed E-state index contributed by atoms with van der Waals surface area (Å²) < 4.78 is 21.0. The number of aryl methyl sites for hydroxylation is 2. The maximum atomic E-state index is 13.2. The van der Waals surface area contributed by atoms with E-state index < -0.39 is 12.1 Å². The summed E-state index contributed by atoms with van der Waals surface area (Å²) in [7, 11) is 1.84. The second-order valence-corrected chi connectivity index (χ2v) is 6.79. The molecule has 142 valence electrons. The van der Waals surface area contributed by atoms with Gasteiger partial charge in [0.25, 0.3) is 0 Å². The summed E-state index contributed by atoms with van der Waals surface area (Å²) in [4.78, 5) is 20.6. The van der Waals surface area contributed by atoms with Gasteiger partial charge in [0.15, 0.2) is 0 Å². The van der Waals surface area contributed by atoms with Gasteiger partial charge in [-0.3, -0.25) is 4.79 Å². The Morgan fingerprint density at radius 1 is 1.43 bits per heavy atom. The summed E-state index contributed by atoms with van der Waals surface area (Å²) in [5.41, 5.74) is 3.01. The van der Waals surface area contributed by atoms with Crippen LogP contribution in [0.4, 0.5) is 10.1 Å². The Morgan fingerprint density at radius 2 is 2.21 bits per heavy atom. The predicted octanol–water partition coefficient (Wildman–Crippen LogP) is 3.49. The number of rotatable bonds is 5. The summed E-state index contributed by atoms with van der Waals surface area (Å²) in [5, 5.41) is 11.8. The van der Waals surface area contributed by atoms with Gasteiger partial charge in [0.1, 0.15) is 35.0 Å². The molecule has 0 spiro atoms. The number of nitriles is 1. The Morgan fingerprint density at radius 3 is 2.89 bits per heavy atom. The molecule has 1 aromatic carbocycles. The van der Waals surface area contributed by atoms with E-state index in [1.807, 2.05) is 30.7 Å². The van der Waals surface area contributed by atoms with Crippen LogP contribution in [0.1, 0.15) is 24.6 Å². The first-order chi connectivity index (χ1) is 13.5. The first-order valence-corrected chi connectivity index (χ1v) is 8.97. The highest BCUT2D eigenvalue weighted by molar-refractivity contribution is 6.02. The fourth-order valence-corrected chi connectivity index (χ4v) is 3.06. The molecular formula is C20H18FN5O2. The van der Waals surface area contributed by atoms with Crippen molar-refractivity contribution >= 4 is 22.6 Å². The number of hydrogen-bond donors (Lipinski definition) is 1. The van der Waals surface area contributed by atoms with Crippen LogP contribution in [0.5, 0.6) is 11.5 Å². The van der Waals surface area contributed by atoms with Crippen LogP contribution in [-0.4, -0.2) is 26.6 Å². The van der Waals surface area contributed by atoms with Gasteiger partial charge in [0.05, 0.1) is 29.6 Å². The number of pyridine rings is 1. The Labute approximate surface area is 160 Å². The zero-order valence-electron chi connectivity index (χ0n) is 15.4. The van der Waals surface area contributed by atoms with Gasteiger partial charge < -0.3 is 14.6 Å². The highest BCUT2D eigenvalue weighted by atomic mass is 19.1. The minimum atomic E-state index is -1.07. The Bertz CT molecular complexity index is 1120. The largest absolute Gasteiger partial charge is 0.455 e. The van der Waals surface area contributed by atoms with E-state index in [1.165, 1.54) is 6.20 Å². The zero-order valence-corrected chi connectivity index (χ0v) is 15.4. The average Bonchev–Trinajstić information content (AvgIpc) is 3.32. The summed E-state index contributed by atoms with van der Waals surface area (Å²) in [5.74, 6) is 0.0650. The quantitative estimate of drug-likeness (QED) is 0.732. The number of alkyl halides is 1. The fourth-order valence-electron chi connectivity index (χ4n) is 3.06. The van der Waals surface area contributed by atoms with Gasteiger partial charge in [-0.25, -0.2) is 14.4 Å². The number of imidazole rings is 1. The Balaban J connectivity index is 1.70. The molecule has 2 aromatic heterocycles. The zero-order chi connectivity index (χ0) is 19.8. The van der Waals surface area contributed by atoms with E-state index in [0.29, 0.717) is 34.8 Å². The van der Waals surface area contributed by atoms with Crippen LogP contribution in [0.2, 0.25) is 0 Å². The second kappa shape index (κ2) is 6.93. The SMILES string of the molecule is CCc1cc(C#N)ncc1Oc1cc(NC(=O)[C@H]2C[C@H]2F)c2ncn(C)c2c1. The number of aromatic nitrogens is 3. The predicted molar refractivity (Wildman–Crippen MR) is 101 cm³/mol. The number of amides is 1. The van der Waals surface area contributed by atoms with Crippen molar-refractivity contribution in [2.45, 2.75) is 25.9 Å². The third kappa shape index (κ3) is 3.27. The monoisotopic (exact) mass is 379 g/mol. The number of hydrogen-bond acceptors (Lipinski definition) is 5. The molecule has 4 rings (SSSR count). The number of anilines is 1. The number of fused-ring (bicyclic) bond motifs is 1. The molecule has 2 heterocycles. The van der Waals surface area contributed by atoms with E-state index in [-0.39, 0.29) is 12.3 Å². The number of halogens is 1. The molecule has 7 nitrogen and oxygen atoms in total. The lowest BCUT2D eigenvalue weighted by Gasteiger charge is -2.13. The van der Waals surface area contributed by atoms with Crippen LogP contribution in [-0.2, 0) is 18.3 Å². The molecule has 1 aliphatic rings. The molecule has 8 heteroatoms. The van der Waals surface area contributed by atoms with Gasteiger partial charge in [-0.2, -0.15) is 5.26 Å². The first kappa shape index (κ1) is 17.9. The van der Waals surface area contributed by atoms with E-state index in [9.17, 15) is 9.18 Å². The van der Waals surface area contributed by atoms with E-state index in [2.05, 4.69) is 15.3 Å². The molecule has 0 bridgehead atoms. The number of nitrogens with zero attached hydrogens (tertiary/aromatic N) is 4. The lowest BCUT2D eigenvalue weighted by Crippen LogP contribution is -2.15. The van der Waals surface area contributed by atoms with Gasteiger partial charge in [0, 0.05) is 19.2 Å². The van der Waals surface area contributed by atoms with Gasteiger partial charge in [0.2, 0.25) is 5.91 Å². The number of ether oxygens (including phenoxy) is 1. The standard InChI is InChI=1S/C20H18FN5O2/c1-3-11-4-12(8-22)23-9-18(11)28-13-5-16(25-20(27)14-7-15(14)21)19-17(6-13)26(2)10-24-19/h4-6,9-10,14-15H,3,7H2,1-2H3,(H,25,27)/t14-,15+/m0/s1. The molecule has 0 unspecified atom stereocenters. The summed E-state index contributed by atoms with van der Waals surface area (Å²) in [6, 6.07) is 7.18. The summed E-state index contributed by atoms with van der Waals surface area (Å²) >= 11 is 0. The van der Waals surface area contributed by atoms with E-state index in [0.717, 1.165) is 11.1 Å². The van der Waals surface area contributed by atoms with Crippen molar-refractivity contribution in [3.05, 3.63) is 42.0 Å². The van der Waals surface area contributed by atoms with Crippen LogP contribution in [0.15, 0.2) is 30.7 Å². The lowest BCUT2D eigenvalue weighted by atomic mass is 10.1. The molecule has 1 saturated carbocycles. The van der Waals surface area contributed by atoms with Crippen LogP contribution in [0.25, 0.3) is 11.0 Å². The van der Waals surface area contributed by atoms with E-state index in [4.69, 9.17) is 10.00 Å². The Hall–Kier alpha value is -3.47. The van der Waals surface area contributed by atoms with Crippen LogP contribution < -0.4 is 10.1 Å². The molecule has 1 fully saturated rings. The number of benzene rings is 1. The van der Waals surface area contributed by atoms with Crippen molar-refractivity contribution < 1.29 is 13.9 Å². The molecule has 28 heavy (non-hydrogen) atoms. The van der Waals surface area contributed by atoms with E-state index in [1.54, 1.807) is 18.5 Å². The molecule has 0 radical (unpaired) electrons. The van der Waals surface area contributed by atoms with Gasteiger partial charge >= 0.3 is 0 Å². The second-order valence-electron chi connectivity index (χ2n) is 6.79.